The van der Waals surface area contributed by atoms with Crippen LogP contribution >= 0.6 is 0 Å². The quantitative estimate of drug-likeness (QED) is 0.666. The molecule has 112 valence electrons. The molecule has 0 fully saturated rings. The van der Waals surface area contributed by atoms with Gasteiger partial charge in [0.25, 0.3) is 0 Å². The molecule has 1 aromatic carbocycles. The van der Waals surface area contributed by atoms with Crippen LogP contribution in [0.15, 0.2) is 30.3 Å². The van der Waals surface area contributed by atoms with E-state index in [-0.39, 0.29) is 5.91 Å². The topological polar surface area (TPSA) is 38.3 Å². The molecule has 0 atom stereocenters. The molecular formula is C17H27NO2. The van der Waals surface area contributed by atoms with Gasteiger partial charge in [-0.3, -0.25) is 4.79 Å². The van der Waals surface area contributed by atoms with Crippen LogP contribution in [0.5, 0.6) is 0 Å². The number of hydrogen-bond acceptors (Lipinski definition) is 2. The van der Waals surface area contributed by atoms with Gasteiger partial charge in [0.15, 0.2) is 0 Å². The predicted molar refractivity (Wildman–Crippen MR) is 82.7 cm³/mol. The minimum Gasteiger partial charge on any atom is -0.381 e. The second-order valence-electron chi connectivity index (χ2n) is 5.03. The van der Waals surface area contributed by atoms with E-state index in [4.69, 9.17) is 4.74 Å². The van der Waals surface area contributed by atoms with Crippen molar-refractivity contribution in [3.8, 4) is 0 Å². The van der Waals surface area contributed by atoms with Gasteiger partial charge in [0, 0.05) is 19.1 Å². The molecule has 0 radical (unpaired) electrons. The zero-order valence-electron chi connectivity index (χ0n) is 12.7. The predicted octanol–water partition coefficient (Wildman–Crippen LogP) is 3.33. The minimum atomic E-state index is 0.144. The molecule has 0 spiro atoms. The van der Waals surface area contributed by atoms with Crippen LogP contribution in [0.2, 0.25) is 0 Å². The lowest BCUT2D eigenvalue weighted by atomic mass is 10.1. The summed E-state index contributed by atoms with van der Waals surface area (Å²) in [7, 11) is 0. The van der Waals surface area contributed by atoms with Crippen LogP contribution in [0, 0.1) is 0 Å². The van der Waals surface area contributed by atoms with E-state index < -0.39 is 0 Å². The first-order chi connectivity index (χ1) is 9.76. The highest BCUT2D eigenvalue weighted by Gasteiger charge is 2.07. The fourth-order valence-corrected chi connectivity index (χ4v) is 2.06. The van der Waals surface area contributed by atoms with E-state index in [2.05, 4.69) is 31.3 Å². The van der Waals surface area contributed by atoms with Crippen molar-refractivity contribution in [2.45, 2.75) is 52.0 Å². The van der Waals surface area contributed by atoms with E-state index in [1.165, 1.54) is 5.56 Å². The zero-order valence-corrected chi connectivity index (χ0v) is 12.7. The monoisotopic (exact) mass is 277 g/mol. The van der Waals surface area contributed by atoms with E-state index in [1.54, 1.807) is 0 Å². The maximum Gasteiger partial charge on any atom is 0.220 e. The molecule has 0 aliphatic carbocycles. The van der Waals surface area contributed by atoms with E-state index in [1.807, 2.05) is 18.2 Å². The third-order valence-corrected chi connectivity index (χ3v) is 3.42. The van der Waals surface area contributed by atoms with E-state index >= 15 is 0 Å². The van der Waals surface area contributed by atoms with Crippen molar-refractivity contribution >= 4 is 5.91 Å². The normalized spacial score (nSPS) is 10.8. The van der Waals surface area contributed by atoms with E-state index in [9.17, 15) is 4.79 Å². The number of hydrogen-bond donors (Lipinski definition) is 1. The summed E-state index contributed by atoms with van der Waals surface area (Å²) in [5.41, 5.74) is 1.29. The smallest absolute Gasteiger partial charge is 0.220 e. The molecule has 0 aromatic heterocycles. The van der Waals surface area contributed by atoms with Gasteiger partial charge in [-0.15, -0.1) is 0 Å². The van der Waals surface area contributed by atoms with Gasteiger partial charge < -0.3 is 10.1 Å². The number of benzene rings is 1. The molecule has 1 aromatic rings. The second kappa shape index (κ2) is 10.4. The lowest BCUT2D eigenvalue weighted by Gasteiger charge is -2.14. The summed E-state index contributed by atoms with van der Waals surface area (Å²) < 4.78 is 5.57. The first-order valence-electron chi connectivity index (χ1n) is 7.67. The Labute approximate surface area is 122 Å². The van der Waals surface area contributed by atoms with Crippen LogP contribution in [-0.4, -0.2) is 25.2 Å². The Hall–Kier alpha value is -1.35. The summed E-state index contributed by atoms with van der Waals surface area (Å²) in [6.07, 6.45) is 4.27. The number of carbonyl (C=O) groups is 1. The highest BCUT2D eigenvalue weighted by Crippen LogP contribution is 2.01. The molecule has 3 nitrogen and oxygen atoms in total. The van der Waals surface area contributed by atoms with Crippen molar-refractivity contribution in [3.05, 3.63) is 35.9 Å². The average Bonchev–Trinajstić information content (AvgIpc) is 2.49. The van der Waals surface area contributed by atoms with Gasteiger partial charge in [-0.1, -0.05) is 44.2 Å². The lowest BCUT2D eigenvalue weighted by molar-refractivity contribution is -0.122. The second-order valence-corrected chi connectivity index (χ2v) is 5.03. The third-order valence-electron chi connectivity index (χ3n) is 3.42. The summed E-state index contributed by atoms with van der Waals surface area (Å²) in [6.45, 7) is 5.57. The fourth-order valence-electron chi connectivity index (χ4n) is 2.06. The molecule has 0 aliphatic heterocycles. The summed E-state index contributed by atoms with van der Waals surface area (Å²) in [6, 6.07) is 10.6. The van der Waals surface area contributed by atoms with Crippen molar-refractivity contribution in [1.82, 2.24) is 5.32 Å². The summed E-state index contributed by atoms with van der Waals surface area (Å²) in [5.74, 6) is 0.144. The van der Waals surface area contributed by atoms with Gasteiger partial charge in [0.2, 0.25) is 5.91 Å². The Morgan fingerprint density at radius 2 is 1.85 bits per heavy atom. The Morgan fingerprint density at radius 1 is 1.15 bits per heavy atom. The first kappa shape index (κ1) is 16.7. The SMILES string of the molecule is CCC(CC)NC(=O)CCCOCCc1ccccc1. The largest absolute Gasteiger partial charge is 0.381 e. The number of ether oxygens (including phenoxy) is 1. The molecule has 20 heavy (non-hydrogen) atoms. The molecule has 0 bridgehead atoms. The highest BCUT2D eigenvalue weighted by atomic mass is 16.5. The lowest BCUT2D eigenvalue weighted by Crippen LogP contribution is -2.33. The Balaban J connectivity index is 2.00. The zero-order chi connectivity index (χ0) is 14.6. The van der Waals surface area contributed by atoms with Gasteiger partial charge in [-0.25, -0.2) is 0 Å². The molecule has 0 heterocycles. The summed E-state index contributed by atoms with van der Waals surface area (Å²) in [5, 5.41) is 3.04. The highest BCUT2D eigenvalue weighted by molar-refractivity contribution is 5.76. The van der Waals surface area contributed by atoms with E-state index in [0.717, 1.165) is 32.3 Å². The molecule has 0 saturated carbocycles. The summed E-state index contributed by atoms with van der Waals surface area (Å²) in [4.78, 5) is 11.7. The first-order valence-corrected chi connectivity index (χ1v) is 7.67. The Morgan fingerprint density at radius 3 is 2.50 bits per heavy atom. The number of rotatable bonds is 10. The Bertz CT molecular complexity index is 361. The van der Waals surface area contributed by atoms with Gasteiger partial charge in [-0.05, 0) is 31.2 Å². The minimum absolute atomic E-state index is 0.144. The maximum atomic E-state index is 11.7. The molecule has 1 rings (SSSR count). The molecule has 0 unspecified atom stereocenters. The average molecular weight is 277 g/mol. The molecule has 1 amide bonds. The van der Waals surface area contributed by atoms with Crippen LogP contribution in [-0.2, 0) is 16.0 Å². The number of carbonyl (C=O) groups excluding carboxylic acids is 1. The summed E-state index contributed by atoms with van der Waals surface area (Å²) >= 11 is 0. The van der Waals surface area contributed by atoms with Crippen molar-refractivity contribution in [3.63, 3.8) is 0 Å². The van der Waals surface area contributed by atoms with Crippen molar-refractivity contribution in [2.24, 2.45) is 0 Å². The van der Waals surface area contributed by atoms with Crippen LogP contribution in [0.25, 0.3) is 0 Å². The van der Waals surface area contributed by atoms with Gasteiger partial charge in [0.1, 0.15) is 0 Å². The van der Waals surface area contributed by atoms with Crippen molar-refractivity contribution in [2.75, 3.05) is 13.2 Å². The van der Waals surface area contributed by atoms with Crippen LogP contribution in [0.3, 0.4) is 0 Å². The van der Waals surface area contributed by atoms with Gasteiger partial charge in [-0.2, -0.15) is 0 Å². The molecular weight excluding hydrogens is 250 g/mol. The molecule has 1 N–H and O–H groups in total. The molecule has 0 saturated heterocycles. The van der Waals surface area contributed by atoms with Crippen LogP contribution < -0.4 is 5.32 Å². The maximum absolute atomic E-state index is 11.7. The molecule has 0 aliphatic rings. The van der Waals surface area contributed by atoms with Gasteiger partial charge >= 0.3 is 0 Å². The number of amides is 1. The van der Waals surface area contributed by atoms with E-state index in [0.29, 0.717) is 19.1 Å². The van der Waals surface area contributed by atoms with Crippen molar-refractivity contribution in [1.29, 1.82) is 0 Å². The Kier molecular flexibility index (Phi) is 8.72. The van der Waals surface area contributed by atoms with Crippen LogP contribution in [0.1, 0.15) is 45.1 Å². The molecule has 3 heteroatoms. The van der Waals surface area contributed by atoms with Gasteiger partial charge in [0.05, 0.1) is 6.61 Å². The van der Waals surface area contributed by atoms with Crippen molar-refractivity contribution < 1.29 is 9.53 Å². The van der Waals surface area contributed by atoms with Crippen LogP contribution in [0.4, 0.5) is 0 Å². The third kappa shape index (κ3) is 7.29. The number of nitrogens with one attached hydrogen (secondary N) is 1. The standard InChI is InChI=1S/C17H27NO2/c1-3-16(4-2)18-17(19)11-8-13-20-14-12-15-9-6-5-7-10-15/h5-7,9-10,16H,3-4,8,11-14H2,1-2H3,(H,18,19). The fraction of sp³-hybridized carbons (Fsp3) is 0.588.